The largest absolute Gasteiger partial charge is 0.493 e. The van der Waals surface area contributed by atoms with Gasteiger partial charge in [-0.3, -0.25) is 4.79 Å². The number of benzene rings is 2. The lowest BCUT2D eigenvalue weighted by atomic mass is 10.1. The van der Waals surface area contributed by atoms with Crippen LogP contribution in [0.5, 0.6) is 17.2 Å². The molecular weight excluding hydrogens is 442 g/mol. The second kappa shape index (κ2) is 11.2. The van der Waals surface area contributed by atoms with Crippen molar-refractivity contribution in [3.05, 3.63) is 47.0 Å². The summed E-state index contributed by atoms with van der Waals surface area (Å²) in [7, 11) is -0.104. The topological polar surface area (TPSA) is 82.1 Å². The monoisotopic (exact) mass is 469 g/mol. The molecule has 0 heterocycles. The van der Waals surface area contributed by atoms with E-state index in [1.165, 1.54) is 19.2 Å². The Hall–Kier alpha value is -2.45. The van der Waals surface area contributed by atoms with Crippen LogP contribution in [-0.2, 0) is 9.84 Å². The van der Waals surface area contributed by atoms with Gasteiger partial charge in [0.1, 0.15) is 5.75 Å². The number of amides is 1. The Kier molecular flexibility index (Phi) is 9.00. The van der Waals surface area contributed by atoms with Crippen LogP contribution in [0.1, 0.15) is 30.1 Å². The van der Waals surface area contributed by atoms with Crippen molar-refractivity contribution in [1.82, 2.24) is 4.90 Å². The predicted octanol–water partition coefficient (Wildman–Crippen LogP) is 4.08. The second-order valence-electron chi connectivity index (χ2n) is 7.01. The van der Waals surface area contributed by atoms with Gasteiger partial charge in [-0.1, -0.05) is 24.6 Å². The molecule has 2 rings (SSSR count). The van der Waals surface area contributed by atoms with Crippen molar-refractivity contribution in [2.24, 2.45) is 0 Å². The summed E-state index contributed by atoms with van der Waals surface area (Å²) >= 11 is 6.30. The Balaban J connectivity index is 1.95. The summed E-state index contributed by atoms with van der Waals surface area (Å²) < 4.78 is 39.8. The highest BCUT2D eigenvalue weighted by Crippen LogP contribution is 2.36. The smallest absolute Gasteiger partial charge is 0.253 e. The van der Waals surface area contributed by atoms with Crippen molar-refractivity contribution >= 4 is 27.3 Å². The predicted molar refractivity (Wildman–Crippen MR) is 120 cm³/mol. The molecule has 170 valence electrons. The molecule has 2 aromatic rings. The third-order valence-electron chi connectivity index (χ3n) is 4.41. The van der Waals surface area contributed by atoms with E-state index in [0.717, 1.165) is 12.7 Å². The highest BCUT2D eigenvalue weighted by Gasteiger charge is 2.18. The molecule has 0 bridgehead atoms. The van der Waals surface area contributed by atoms with Crippen LogP contribution in [0.2, 0.25) is 5.02 Å². The fourth-order valence-corrected chi connectivity index (χ4v) is 3.72. The van der Waals surface area contributed by atoms with Gasteiger partial charge in [0.2, 0.25) is 0 Å². The molecule has 2 aromatic carbocycles. The Labute approximate surface area is 188 Å². The van der Waals surface area contributed by atoms with Crippen molar-refractivity contribution < 1.29 is 27.4 Å². The zero-order chi connectivity index (χ0) is 23.0. The van der Waals surface area contributed by atoms with E-state index in [9.17, 15) is 13.2 Å². The minimum atomic E-state index is -3.29. The molecule has 0 atom stereocenters. The summed E-state index contributed by atoms with van der Waals surface area (Å²) in [6, 6.07) is 9.52. The number of rotatable bonds is 11. The van der Waals surface area contributed by atoms with Crippen molar-refractivity contribution in [2.45, 2.75) is 24.7 Å². The maximum absolute atomic E-state index is 12.8. The molecule has 0 saturated carbocycles. The molecular formula is C22H28ClNO6S. The molecule has 0 N–H and O–H groups in total. The third-order valence-corrected chi connectivity index (χ3v) is 5.80. The van der Waals surface area contributed by atoms with E-state index in [-0.39, 0.29) is 10.8 Å². The average molecular weight is 470 g/mol. The minimum absolute atomic E-state index is 0.203. The van der Waals surface area contributed by atoms with E-state index >= 15 is 0 Å². The summed E-state index contributed by atoms with van der Waals surface area (Å²) in [5.41, 5.74) is 0.398. The van der Waals surface area contributed by atoms with E-state index in [0.29, 0.717) is 54.0 Å². The number of methoxy groups -OCH3 is 1. The van der Waals surface area contributed by atoms with Crippen LogP contribution in [-0.4, -0.2) is 59.4 Å². The number of carbonyl (C=O) groups is 1. The van der Waals surface area contributed by atoms with Gasteiger partial charge in [0.05, 0.1) is 30.2 Å². The molecule has 0 aliphatic heterocycles. The van der Waals surface area contributed by atoms with Gasteiger partial charge in [0, 0.05) is 25.4 Å². The number of sulfone groups is 1. The first kappa shape index (κ1) is 24.8. The summed E-state index contributed by atoms with van der Waals surface area (Å²) in [5.74, 6) is 1.10. The number of hydrogen-bond donors (Lipinski definition) is 0. The van der Waals surface area contributed by atoms with E-state index in [1.54, 1.807) is 36.2 Å². The van der Waals surface area contributed by atoms with Crippen LogP contribution in [0, 0.1) is 0 Å². The minimum Gasteiger partial charge on any atom is -0.493 e. The standard InChI is InChI=1S/C22H28ClNO6S/c1-5-11-30-21-19(23)13-16(14-20(21)28-3)22(25)24(2)10-7-12-29-17-8-6-9-18(15-17)31(4,26)27/h6,8-9,13-15H,5,7,10-12H2,1-4H3. The van der Waals surface area contributed by atoms with Crippen molar-refractivity contribution in [3.8, 4) is 17.2 Å². The first-order valence-electron chi connectivity index (χ1n) is 9.86. The van der Waals surface area contributed by atoms with Gasteiger partial charge in [-0.2, -0.15) is 0 Å². The molecule has 7 nitrogen and oxygen atoms in total. The molecule has 0 fully saturated rings. The van der Waals surface area contributed by atoms with Crippen LogP contribution in [0.15, 0.2) is 41.3 Å². The summed E-state index contributed by atoms with van der Waals surface area (Å²) in [4.78, 5) is 14.5. The van der Waals surface area contributed by atoms with Crippen molar-refractivity contribution in [1.29, 1.82) is 0 Å². The highest BCUT2D eigenvalue weighted by atomic mass is 35.5. The van der Waals surface area contributed by atoms with E-state index in [2.05, 4.69) is 0 Å². The normalized spacial score (nSPS) is 11.1. The van der Waals surface area contributed by atoms with Gasteiger partial charge in [-0.15, -0.1) is 0 Å². The van der Waals surface area contributed by atoms with Gasteiger partial charge < -0.3 is 19.1 Å². The Morgan fingerprint density at radius 1 is 1.13 bits per heavy atom. The van der Waals surface area contributed by atoms with Crippen molar-refractivity contribution in [3.63, 3.8) is 0 Å². The van der Waals surface area contributed by atoms with Crippen LogP contribution in [0.25, 0.3) is 0 Å². The van der Waals surface area contributed by atoms with Gasteiger partial charge in [0.15, 0.2) is 21.3 Å². The van der Waals surface area contributed by atoms with Gasteiger partial charge in [-0.05, 0) is 43.2 Å². The maximum atomic E-state index is 12.8. The van der Waals surface area contributed by atoms with E-state index < -0.39 is 9.84 Å². The average Bonchev–Trinajstić information content (AvgIpc) is 2.74. The van der Waals surface area contributed by atoms with E-state index in [1.807, 2.05) is 6.92 Å². The SMILES string of the molecule is CCCOc1c(Cl)cc(C(=O)N(C)CCCOc2cccc(S(C)(=O)=O)c2)cc1OC. The first-order chi connectivity index (χ1) is 14.7. The lowest BCUT2D eigenvalue weighted by Gasteiger charge is -2.19. The fraction of sp³-hybridized carbons (Fsp3) is 0.409. The molecule has 0 saturated heterocycles. The Morgan fingerprint density at radius 3 is 2.52 bits per heavy atom. The summed E-state index contributed by atoms with van der Waals surface area (Å²) in [5, 5.41) is 0.318. The molecule has 0 aromatic heterocycles. The summed E-state index contributed by atoms with van der Waals surface area (Å²) in [6.07, 6.45) is 2.54. The van der Waals surface area contributed by atoms with Gasteiger partial charge in [0.25, 0.3) is 5.91 Å². The number of hydrogen-bond acceptors (Lipinski definition) is 6. The zero-order valence-electron chi connectivity index (χ0n) is 18.2. The van der Waals surface area contributed by atoms with Crippen LogP contribution >= 0.6 is 11.6 Å². The number of nitrogens with zero attached hydrogens (tertiary/aromatic N) is 1. The number of carbonyl (C=O) groups excluding carboxylic acids is 1. The zero-order valence-corrected chi connectivity index (χ0v) is 19.8. The molecule has 0 aliphatic rings. The molecule has 0 spiro atoms. The summed E-state index contributed by atoms with van der Waals surface area (Å²) in [6.45, 7) is 3.26. The first-order valence-corrected chi connectivity index (χ1v) is 12.1. The Morgan fingerprint density at radius 2 is 1.87 bits per heavy atom. The molecule has 0 aliphatic carbocycles. The van der Waals surface area contributed by atoms with Crippen LogP contribution in [0.4, 0.5) is 0 Å². The molecule has 0 radical (unpaired) electrons. The Bertz CT molecular complexity index is 1010. The maximum Gasteiger partial charge on any atom is 0.253 e. The molecule has 1 amide bonds. The number of ether oxygens (including phenoxy) is 3. The number of halogens is 1. The van der Waals surface area contributed by atoms with Crippen LogP contribution < -0.4 is 14.2 Å². The van der Waals surface area contributed by atoms with Crippen molar-refractivity contribution in [2.75, 3.05) is 40.2 Å². The molecule has 31 heavy (non-hydrogen) atoms. The molecule has 0 unspecified atom stereocenters. The van der Waals surface area contributed by atoms with E-state index in [4.69, 9.17) is 25.8 Å². The second-order valence-corrected chi connectivity index (χ2v) is 9.44. The van der Waals surface area contributed by atoms with Gasteiger partial charge in [-0.25, -0.2) is 8.42 Å². The van der Waals surface area contributed by atoms with Crippen LogP contribution in [0.3, 0.4) is 0 Å². The lowest BCUT2D eigenvalue weighted by molar-refractivity contribution is 0.0787. The lowest BCUT2D eigenvalue weighted by Crippen LogP contribution is -2.28. The molecule has 9 heteroatoms. The highest BCUT2D eigenvalue weighted by molar-refractivity contribution is 7.90. The fourth-order valence-electron chi connectivity index (χ4n) is 2.80. The quantitative estimate of drug-likeness (QED) is 0.461. The third kappa shape index (κ3) is 7.04. The van der Waals surface area contributed by atoms with Gasteiger partial charge >= 0.3 is 0 Å².